The van der Waals surface area contributed by atoms with Gasteiger partial charge in [-0.25, -0.2) is 4.79 Å². The summed E-state index contributed by atoms with van der Waals surface area (Å²) >= 11 is 0. The lowest BCUT2D eigenvalue weighted by Gasteiger charge is -2.27. The van der Waals surface area contributed by atoms with E-state index in [1.807, 2.05) is 73.7 Å². The van der Waals surface area contributed by atoms with Crippen molar-refractivity contribution in [3.63, 3.8) is 0 Å². The van der Waals surface area contributed by atoms with Crippen molar-refractivity contribution in [1.29, 1.82) is 0 Å². The fourth-order valence-corrected chi connectivity index (χ4v) is 4.87. The fraction of sp³-hybridized carbons (Fsp3) is 0.300. The smallest absolute Gasteiger partial charge is 0.407 e. The summed E-state index contributed by atoms with van der Waals surface area (Å²) in [5, 5.41) is 11.9. The largest absolute Gasteiger partial charge is 0.481 e. The number of carboxylic acid groups (broad SMARTS) is 1. The second kappa shape index (κ2) is 12.2. The third kappa shape index (κ3) is 6.36. The first-order valence-electron chi connectivity index (χ1n) is 12.6. The van der Waals surface area contributed by atoms with Gasteiger partial charge in [0.25, 0.3) is 0 Å². The highest BCUT2D eigenvalue weighted by atomic mass is 16.5. The summed E-state index contributed by atoms with van der Waals surface area (Å²) in [4.78, 5) is 39.2. The number of nitrogens with zero attached hydrogens (tertiary/aromatic N) is 1. The van der Waals surface area contributed by atoms with E-state index in [4.69, 9.17) is 4.74 Å². The Morgan fingerprint density at radius 3 is 2.11 bits per heavy atom. The minimum atomic E-state index is -1.03. The standard InChI is InChI=1S/C30H32N2O5/c1-2-18-32(19-21-10-4-3-5-11-21)29(35)27(16-17-28(33)34)31-30(36)37-20-26-24-14-8-6-12-22(24)23-13-7-9-15-25(23)26/h3-15,26-27H,2,16-20H2,1H3,(H,31,36)(H,33,34). The van der Waals surface area contributed by atoms with E-state index in [0.717, 1.165) is 34.2 Å². The number of carboxylic acids is 1. The molecule has 1 unspecified atom stereocenters. The van der Waals surface area contributed by atoms with Crippen molar-refractivity contribution >= 4 is 18.0 Å². The zero-order valence-electron chi connectivity index (χ0n) is 20.9. The molecule has 1 atom stereocenters. The number of nitrogens with one attached hydrogen (secondary N) is 1. The van der Waals surface area contributed by atoms with Crippen molar-refractivity contribution in [3.8, 4) is 11.1 Å². The van der Waals surface area contributed by atoms with Crippen LogP contribution in [0.1, 0.15) is 48.8 Å². The Morgan fingerprint density at radius 2 is 1.51 bits per heavy atom. The molecule has 0 spiro atoms. The van der Waals surface area contributed by atoms with Crippen LogP contribution in [-0.2, 0) is 20.9 Å². The van der Waals surface area contributed by atoms with E-state index in [0.29, 0.717) is 13.1 Å². The molecule has 2 amide bonds. The molecule has 192 valence electrons. The van der Waals surface area contributed by atoms with Gasteiger partial charge in [-0.1, -0.05) is 85.8 Å². The molecule has 37 heavy (non-hydrogen) atoms. The number of carbonyl (C=O) groups excluding carboxylic acids is 2. The van der Waals surface area contributed by atoms with Crippen molar-refractivity contribution < 1.29 is 24.2 Å². The Bertz CT molecular complexity index is 1200. The Kier molecular flexibility index (Phi) is 8.56. The van der Waals surface area contributed by atoms with Crippen LogP contribution in [0.4, 0.5) is 4.79 Å². The molecule has 3 aromatic carbocycles. The molecule has 1 aliphatic carbocycles. The van der Waals surface area contributed by atoms with E-state index < -0.39 is 18.1 Å². The van der Waals surface area contributed by atoms with Crippen LogP contribution in [0, 0.1) is 0 Å². The van der Waals surface area contributed by atoms with Crippen LogP contribution in [-0.4, -0.2) is 47.2 Å². The van der Waals surface area contributed by atoms with Crippen molar-refractivity contribution in [3.05, 3.63) is 95.6 Å². The molecule has 0 saturated carbocycles. The average Bonchev–Trinajstić information content (AvgIpc) is 3.23. The first-order chi connectivity index (χ1) is 18.0. The van der Waals surface area contributed by atoms with E-state index >= 15 is 0 Å². The lowest BCUT2D eigenvalue weighted by molar-refractivity contribution is -0.138. The SMILES string of the molecule is CCCN(Cc1ccccc1)C(=O)C(CCC(=O)O)NC(=O)OCC1c2ccccc2-c2ccccc21. The zero-order chi connectivity index (χ0) is 26.2. The molecular formula is C30H32N2O5. The van der Waals surface area contributed by atoms with E-state index in [2.05, 4.69) is 17.4 Å². The molecule has 0 saturated heterocycles. The number of hydrogen-bond acceptors (Lipinski definition) is 4. The van der Waals surface area contributed by atoms with Crippen LogP contribution < -0.4 is 5.32 Å². The van der Waals surface area contributed by atoms with Gasteiger partial charge in [-0.05, 0) is 40.7 Å². The summed E-state index contributed by atoms with van der Waals surface area (Å²) in [5.41, 5.74) is 5.39. The number of rotatable bonds is 11. The number of ether oxygens (including phenoxy) is 1. The molecule has 1 aliphatic rings. The Hall–Kier alpha value is -4.13. The van der Waals surface area contributed by atoms with Crippen molar-refractivity contribution in [2.75, 3.05) is 13.2 Å². The van der Waals surface area contributed by atoms with Gasteiger partial charge in [-0.15, -0.1) is 0 Å². The highest BCUT2D eigenvalue weighted by molar-refractivity contribution is 5.86. The quantitative estimate of drug-likeness (QED) is 0.377. The Balaban J connectivity index is 1.45. The molecule has 7 nitrogen and oxygen atoms in total. The Labute approximate surface area is 217 Å². The third-order valence-electron chi connectivity index (χ3n) is 6.60. The van der Waals surface area contributed by atoms with Gasteiger partial charge in [0.2, 0.25) is 5.91 Å². The molecule has 3 aromatic rings. The van der Waals surface area contributed by atoms with Crippen LogP contribution in [0.2, 0.25) is 0 Å². The Morgan fingerprint density at radius 1 is 0.919 bits per heavy atom. The predicted molar refractivity (Wildman–Crippen MR) is 141 cm³/mol. The maximum atomic E-state index is 13.4. The number of benzene rings is 3. The summed E-state index contributed by atoms with van der Waals surface area (Å²) in [6.07, 6.45) is -0.268. The van der Waals surface area contributed by atoms with Crippen molar-refractivity contribution in [2.45, 2.75) is 44.7 Å². The van der Waals surface area contributed by atoms with Gasteiger partial charge in [0.1, 0.15) is 12.6 Å². The number of hydrogen-bond donors (Lipinski definition) is 2. The van der Waals surface area contributed by atoms with Gasteiger partial charge < -0.3 is 20.1 Å². The zero-order valence-corrected chi connectivity index (χ0v) is 20.9. The number of fused-ring (bicyclic) bond motifs is 3. The minimum Gasteiger partial charge on any atom is -0.481 e. The van der Waals surface area contributed by atoms with Gasteiger partial charge in [-0.3, -0.25) is 9.59 Å². The molecule has 2 N–H and O–H groups in total. The lowest BCUT2D eigenvalue weighted by atomic mass is 9.98. The molecule has 0 bridgehead atoms. The van der Waals surface area contributed by atoms with Gasteiger partial charge in [0, 0.05) is 25.4 Å². The topological polar surface area (TPSA) is 95.9 Å². The van der Waals surface area contributed by atoms with Crippen LogP contribution in [0.5, 0.6) is 0 Å². The molecule has 7 heteroatoms. The van der Waals surface area contributed by atoms with Crippen LogP contribution >= 0.6 is 0 Å². The van der Waals surface area contributed by atoms with Crippen LogP contribution in [0.25, 0.3) is 11.1 Å². The monoisotopic (exact) mass is 500 g/mol. The summed E-state index contributed by atoms with van der Waals surface area (Å²) in [6, 6.07) is 24.7. The van der Waals surface area contributed by atoms with Crippen molar-refractivity contribution in [1.82, 2.24) is 10.2 Å². The number of amides is 2. The van der Waals surface area contributed by atoms with Gasteiger partial charge in [0.15, 0.2) is 0 Å². The predicted octanol–water partition coefficient (Wildman–Crippen LogP) is 5.20. The first kappa shape index (κ1) is 25.9. The second-order valence-corrected chi connectivity index (χ2v) is 9.20. The maximum Gasteiger partial charge on any atom is 0.407 e. The number of carbonyl (C=O) groups is 3. The third-order valence-corrected chi connectivity index (χ3v) is 6.60. The van der Waals surface area contributed by atoms with Gasteiger partial charge in [-0.2, -0.15) is 0 Å². The summed E-state index contributed by atoms with van der Waals surface area (Å²) in [5.74, 6) is -1.46. The number of aliphatic carboxylic acids is 1. The maximum absolute atomic E-state index is 13.4. The molecular weight excluding hydrogens is 468 g/mol. The van der Waals surface area contributed by atoms with E-state index in [9.17, 15) is 19.5 Å². The van der Waals surface area contributed by atoms with Crippen LogP contribution in [0.3, 0.4) is 0 Å². The molecule has 0 heterocycles. The minimum absolute atomic E-state index is 0.0205. The highest BCUT2D eigenvalue weighted by Crippen LogP contribution is 2.44. The lowest BCUT2D eigenvalue weighted by Crippen LogP contribution is -2.49. The highest BCUT2D eigenvalue weighted by Gasteiger charge is 2.31. The molecule has 0 aromatic heterocycles. The van der Waals surface area contributed by atoms with E-state index in [1.165, 1.54) is 0 Å². The second-order valence-electron chi connectivity index (χ2n) is 9.20. The normalized spacial score (nSPS) is 12.8. The molecule has 0 fully saturated rings. The molecule has 0 radical (unpaired) electrons. The molecule has 0 aliphatic heterocycles. The summed E-state index contributed by atoms with van der Waals surface area (Å²) < 4.78 is 5.62. The first-order valence-corrected chi connectivity index (χ1v) is 12.6. The van der Waals surface area contributed by atoms with Crippen LogP contribution in [0.15, 0.2) is 78.9 Å². The van der Waals surface area contributed by atoms with E-state index in [-0.39, 0.29) is 31.3 Å². The van der Waals surface area contributed by atoms with Crippen molar-refractivity contribution in [2.24, 2.45) is 0 Å². The number of alkyl carbamates (subject to hydrolysis) is 1. The van der Waals surface area contributed by atoms with E-state index in [1.54, 1.807) is 4.90 Å². The average molecular weight is 501 g/mol. The van der Waals surface area contributed by atoms with Gasteiger partial charge in [0.05, 0.1) is 0 Å². The molecule has 4 rings (SSSR count). The summed E-state index contributed by atoms with van der Waals surface area (Å²) in [6.45, 7) is 2.95. The van der Waals surface area contributed by atoms with Gasteiger partial charge >= 0.3 is 12.1 Å². The summed E-state index contributed by atoms with van der Waals surface area (Å²) in [7, 11) is 0. The fourth-order valence-electron chi connectivity index (χ4n) is 4.87.